The number of aromatic nitrogens is 3. The quantitative estimate of drug-likeness (QED) is 0.693. The van der Waals surface area contributed by atoms with Crippen LogP contribution in [0.3, 0.4) is 0 Å². The van der Waals surface area contributed by atoms with E-state index in [0.29, 0.717) is 6.04 Å². The van der Waals surface area contributed by atoms with Crippen molar-refractivity contribution >= 4 is 11.2 Å². The number of aryl methyl sites for hydroxylation is 1. The summed E-state index contributed by atoms with van der Waals surface area (Å²) >= 11 is 0. The Kier molecular flexibility index (Phi) is 3.86. The van der Waals surface area contributed by atoms with E-state index in [9.17, 15) is 0 Å². The first-order valence-electron chi connectivity index (χ1n) is 8.68. The molecule has 3 aromatic rings. The highest BCUT2D eigenvalue weighted by molar-refractivity contribution is 5.71. The lowest BCUT2D eigenvalue weighted by Gasteiger charge is -2.25. The van der Waals surface area contributed by atoms with Crippen LogP contribution in [0.1, 0.15) is 55.1 Å². The predicted molar refractivity (Wildman–Crippen MR) is 93.6 cm³/mol. The van der Waals surface area contributed by atoms with Crippen molar-refractivity contribution in [2.75, 3.05) is 0 Å². The standard InChI is InChI=1S/C20H23N3/c1-15-9-11-16(12-10-15)14-19-22-18-8-5-13-21-20(18)23(19)17-6-3-2-4-7-17/h5,8-13,17H,2-4,6-7,14H2,1H3. The number of nitrogens with zero attached hydrogens (tertiary/aromatic N) is 3. The molecule has 0 radical (unpaired) electrons. The molecule has 0 saturated heterocycles. The first kappa shape index (κ1) is 14.4. The zero-order valence-electron chi connectivity index (χ0n) is 13.7. The third-order valence-electron chi connectivity index (χ3n) is 4.94. The van der Waals surface area contributed by atoms with E-state index in [4.69, 9.17) is 4.98 Å². The van der Waals surface area contributed by atoms with Gasteiger partial charge in [-0.1, -0.05) is 49.1 Å². The molecule has 0 unspecified atom stereocenters. The lowest BCUT2D eigenvalue weighted by atomic mass is 9.95. The van der Waals surface area contributed by atoms with Gasteiger partial charge in [0.05, 0.1) is 0 Å². The lowest BCUT2D eigenvalue weighted by molar-refractivity contribution is 0.352. The molecule has 1 fully saturated rings. The molecule has 3 heteroatoms. The van der Waals surface area contributed by atoms with Gasteiger partial charge in [-0.25, -0.2) is 9.97 Å². The lowest BCUT2D eigenvalue weighted by Crippen LogP contribution is -2.16. The number of pyridine rings is 1. The maximum atomic E-state index is 4.91. The monoisotopic (exact) mass is 305 g/mol. The van der Waals surface area contributed by atoms with Gasteiger partial charge in [0.25, 0.3) is 0 Å². The molecule has 4 rings (SSSR count). The highest BCUT2D eigenvalue weighted by Gasteiger charge is 2.22. The Balaban J connectivity index is 1.76. The third kappa shape index (κ3) is 2.88. The molecule has 2 heterocycles. The minimum absolute atomic E-state index is 0.559. The van der Waals surface area contributed by atoms with Crippen LogP contribution in [0.25, 0.3) is 11.2 Å². The zero-order valence-corrected chi connectivity index (χ0v) is 13.7. The molecule has 1 aliphatic carbocycles. The van der Waals surface area contributed by atoms with Gasteiger partial charge in [0, 0.05) is 18.7 Å². The minimum atomic E-state index is 0.559. The van der Waals surface area contributed by atoms with E-state index in [0.717, 1.165) is 23.4 Å². The van der Waals surface area contributed by atoms with Crippen molar-refractivity contribution in [3.05, 3.63) is 59.5 Å². The second kappa shape index (κ2) is 6.15. The average Bonchev–Trinajstić information content (AvgIpc) is 2.95. The molecule has 0 aliphatic heterocycles. The van der Waals surface area contributed by atoms with Gasteiger partial charge < -0.3 is 4.57 Å². The van der Waals surface area contributed by atoms with Crippen LogP contribution >= 0.6 is 0 Å². The molecular weight excluding hydrogens is 282 g/mol. The summed E-state index contributed by atoms with van der Waals surface area (Å²) in [5, 5.41) is 0. The van der Waals surface area contributed by atoms with Gasteiger partial charge in [-0.15, -0.1) is 0 Å². The SMILES string of the molecule is Cc1ccc(Cc2nc3cccnc3n2C2CCCCC2)cc1. The van der Waals surface area contributed by atoms with Crippen molar-refractivity contribution < 1.29 is 0 Å². The topological polar surface area (TPSA) is 30.7 Å². The summed E-state index contributed by atoms with van der Waals surface area (Å²) in [7, 11) is 0. The van der Waals surface area contributed by atoms with Gasteiger partial charge in [0.15, 0.2) is 5.65 Å². The number of imidazole rings is 1. The molecule has 23 heavy (non-hydrogen) atoms. The van der Waals surface area contributed by atoms with Crippen molar-refractivity contribution in [1.29, 1.82) is 0 Å². The van der Waals surface area contributed by atoms with Crippen molar-refractivity contribution in [3.63, 3.8) is 0 Å². The summed E-state index contributed by atoms with van der Waals surface area (Å²) in [5.74, 6) is 1.16. The van der Waals surface area contributed by atoms with Gasteiger partial charge in [-0.2, -0.15) is 0 Å². The van der Waals surface area contributed by atoms with Gasteiger partial charge >= 0.3 is 0 Å². The Morgan fingerprint density at radius 3 is 2.61 bits per heavy atom. The van der Waals surface area contributed by atoms with Crippen molar-refractivity contribution in [3.8, 4) is 0 Å². The molecule has 0 N–H and O–H groups in total. The zero-order chi connectivity index (χ0) is 15.6. The van der Waals surface area contributed by atoms with E-state index in [1.165, 1.54) is 43.2 Å². The minimum Gasteiger partial charge on any atom is -0.309 e. The Hall–Kier alpha value is -2.16. The number of hydrogen-bond donors (Lipinski definition) is 0. The maximum Gasteiger partial charge on any atom is 0.160 e. The summed E-state index contributed by atoms with van der Waals surface area (Å²) in [5.41, 5.74) is 4.71. The fourth-order valence-corrected chi connectivity index (χ4v) is 3.71. The van der Waals surface area contributed by atoms with Crippen LogP contribution in [-0.4, -0.2) is 14.5 Å². The number of benzene rings is 1. The predicted octanol–water partition coefficient (Wildman–Crippen LogP) is 4.84. The number of rotatable bonds is 3. The summed E-state index contributed by atoms with van der Waals surface area (Å²) in [6, 6.07) is 13.4. The molecule has 118 valence electrons. The summed E-state index contributed by atoms with van der Waals surface area (Å²) in [4.78, 5) is 9.54. The van der Waals surface area contributed by atoms with Crippen LogP contribution in [0.5, 0.6) is 0 Å². The van der Waals surface area contributed by atoms with E-state index >= 15 is 0 Å². The van der Waals surface area contributed by atoms with Crippen LogP contribution in [-0.2, 0) is 6.42 Å². The average molecular weight is 305 g/mol. The Morgan fingerprint density at radius 1 is 1.04 bits per heavy atom. The molecule has 1 saturated carbocycles. The molecule has 0 spiro atoms. The third-order valence-corrected chi connectivity index (χ3v) is 4.94. The van der Waals surface area contributed by atoms with Gasteiger partial charge in [-0.05, 0) is 37.5 Å². The first-order valence-corrected chi connectivity index (χ1v) is 8.68. The highest BCUT2D eigenvalue weighted by Crippen LogP contribution is 2.32. The maximum absolute atomic E-state index is 4.91. The van der Waals surface area contributed by atoms with Gasteiger partial charge in [-0.3, -0.25) is 0 Å². The molecule has 0 amide bonds. The van der Waals surface area contributed by atoms with E-state index in [-0.39, 0.29) is 0 Å². The van der Waals surface area contributed by atoms with E-state index in [1.54, 1.807) is 0 Å². The number of hydrogen-bond acceptors (Lipinski definition) is 2. The first-order chi connectivity index (χ1) is 11.3. The molecule has 0 atom stereocenters. The molecule has 2 aromatic heterocycles. The fraction of sp³-hybridized carbons (Fsp3) is 0.400. The Morgan fingerprint density at radius 2 is 1.83 bits per heavy atom. The molecule has 3 nitrogen and oxygen atoms in total. The summed E-state index contributed by atoms with van der Waals surface area (Å²) < 4.78 is 2.42. The van der Waals surface area contributed by atoms with Crippen LogP contribution in [0, 0.1) is 6.92 Å². The summed E-state index contributed by atoms with van der Waals surface area (Å²) in [6.45, 7) is 2.13. The Labute approximate surface area is 137 Å². The van der Waals surface area contributed by atoms with Gasteiger partial charge in [0.1, 0.15) is 11.3 Å². The van der Waals surface area contributed by atoms with E-state index < -0.39 is 0 Å². The fourth-order valence-electron chi connectivity index (χ4n) is 3.71. The van der Waals surface area contributed by atoms with Crippen molar-refractivity contribution in [2.45, 2.75) is 51.5 Å². The highest BCUT2D eigenvalue weighted by atomic mass is 15.1. The van der Waals surface area contributed by atoms with Crippen LogP contribution in [0.2, 0.25) is 0 Å². The molecule has 1 aliphatic rings. The smallest absolute Gasteiger partial charge is 0.160 e. The van der Waals surface area contributed by atoms with Crippen LogP contribution < -0.4 is 0 Å². The largest absolute Gasteiger partial charge is 0.309 e. The van der Waals surface area contributed by atoms with Crippen molar-refractivity contribution in [2.24, 2.45) is 0 Å². The number of fused-ring (bicyclic) bond motifs is 1. The van der Waals surface area contributed by atoms with Crippen LogP contribution in [0.15, 0.2) is 42.6 Å². The molecule has 0 bridgehead atoms. The molecular formula is C20H23N3. The van der Waals surface area contributed by atoms with E-state index in [2.05, 4.69) is 46.8 Å². The van der Waals surface area contributed by atoms with E-state index in [1.807, 2.05) is 12.3 Å². The van der Waals surface area contributed by atoms with Crippen LogP contribution in [0.4, 0.5) is 0 Å². The van der Waals surface area contributed by atoms with Gasteiger partial charge in [0.2, 0.25) is 0 Å². The second-order valence-electron chi connectivity index (χ2n) is 6.70. The Bertz CT molecular complexity index is 795. The normalized spacial score (nSPS) is 16.0. The molecule has 1 aromatic carbocycles. The summed E-state index contributed by atoms with van der Waals surface area (Å²) in [6.07, 6.45) is 9.28. The van der Waals surface area contributed by atoms with Crippen molar-refractivity contribution in [1.82, 2.24) is 14.5 Å². The second-order valence-corrected chi connectivity index (χ2v) is 6.70.